The second kappa shape index (κ2) is 3.40. The van der Waals surface area contributed by atoms with Gasteiger partial charge in [0.05, 0.1) is 38.6 Å². The molecule has 15 heavy (non-hydrogen) atoms. The van der Waals surface area contributed by atoms with Crippen molar-refractivity contribution in [3.8, 4) is 0 Å². The van der Waals surface area contributed by atoms with Gasteiger partial charge in [-0.05, 0) is 7.05 Å². The average molecular weight is 214 g/mol. The van der Waals surface area contributed by atoms with Gasteiger partial charge in [-0.1, -0.05) is 0 Å². The van der Waals surface area contributed by atoms with E-state index >= 15 is 0 Å². The molecule has 0 saturated carbocycles. The summed E-state index contributed by atoms with van der Waals surface area (Å²) in [5.74, 6) is 0. The number of nitrogens with zero attached hydrogens (tertiary/aromatic N) is 1. The second-order valence-electron chi connectivity index (χ2n) is 4.83. The molecule has 2 spiro atoms. The zero-order chi connectivity index (χ0) is 10.4. The summed E-state index contributed by atoms with van der Waals surface area (Å²) in [6, 6.07) is 0. The van der Waals surface area contributed by atoms with E-state index in [2.05, 4.69) is 17.3 Å². The molecule has 0 radical (unpaired) electrons. The van der Waals surface area contributed by atoms with Crippen LogP contribution in [0.15, 0.2) is 0 Å². The smallest absolute Gasteiger partial charge is 0.166 e. The van der Waals surface area contributed by atoms with Gasteiger partial charge in [-0.25, -0.2) is 0 Å². The van der Waals surface area contributed by atoms with E-state index in [0.717, 1.165) is 32.9 Å². The van der Waals surface area contributed by atoms with Crippen molar-refractivity contribution in [1.82, 2.24) is 10.2 Å². The summed E-state index contributed by atoms with van der Waals surface area (Å²) < 4.78 is 16.7. The molecule has 0 amide bonds. The molecule has 0 aromatic heterocycles. The Kier molecular flexibility index (Phi) is 2.26. The van der Waals surface area contributed by atoms with Gasteiger partial charge in [0.25, 0.3) is 0 Å². The maximum absolute atomic E-state index is 5.91. The van der Waals surface area contributed by atoms with Crippen LogP contribution in [0.2, 0.25) is 0 Å². The lowest BCUT2D eigenvalue weighted by Crippen LogP contribution is -2.75. The summed E-state index contributed by atoms with van der Waals surface area (Å²) in [5.41, 5.74) is -0.164. The number of rotatable bonds is 0. The molecule has 5 nitrogen and oxygen atoms in total. The minimum atomic E-state index is -0.191. The van der Waals surface area contributed by atoms with Crippen molar-refractivity contribution in [2.45, 2.75) is 11.3 Å². The molecule has 3 aliphatic heterocycles. The molecule has 0 aromatic rings. The summed E-state index contributed by atoms with van der Waals surface area (Å²) in [5, 5.41) is 3.45. The molecule has 5 heteroatoms. The second-order valence-corrected chi connectivity index (χ2v) is 4.83. The van der Waals surface area contributed by atoms with E-state index in [9.17, 15) is 0 Å². The highest BCUT2D eigenvalue weighted by Crippen LogP contribution is 2.29. The number of nitrogens with one attached hydrogen (secondary N) is 1. The molecule has 1 N–H and O–H groups in total. The Hall–Kier alpha value is -0.200. The van der Waals surface area contributed by atoms with E-state index in [-0.39, 0.29) is 11.3 Å². The van der Waals surface area contributed by atoms with Crippen molar-refractivity contribution in [2.75, 3.05) is 53.2 Å². The molecule has 86 valence electrons. The lowest BCUT2D eigenvalue weighted by Gasteiger charge is -2.54. The lowest BCUT2D eigenvalue weighted by molar-refractivity contribution is -0.270. The van der Waals surface area contributed by atoms with Crippen LogP contribution in [0.3, 0.4) is 0 Å². The zero-order valence-corrected chi connectivity index (χ0v) is 9.12. The third-order valence-electron chi connectivity index (χ3n) is 3.78. The Morgan fingerprint density at radius 3 is 2.53 bits per heavy atom. The molecule has 1 unspecified atom stereocenters. The van der Waals surface area contributed by atoms with Gasteiger partial charge < -0.3 is 14.2 Å². The van der Waals surface area contributed by atoms with Crippen LogP contribution in [0.4, 0.5) is 0 Å². The average Bonchev–Trinajstić information content (AvgIpc) is 2.22. The molecular formula is C10H18N2O3. The fourth-order valence-electron chi connectivity index (χ4n) is 2.32. The van der Waals surface area contributed by atoms with Crippen LogP contribution < -0.4 is 5.32 Å². The van der Waals surface area contributed by atoms with Crippen molar-refractivity contribution in [3.63, 3.8) is 0 Å². The Labute approximate surface area is 89.7 Å². The van der Waals surface area contributed by atoms with Crippen LogP contribution in [0.5, 0.6) is 0 Å². The topological polar surface area (TPSA) is 43.0 Å². The maximum atomic E-state index is 5.91. The number of ether oxygens (including phenoxy) is 3. The van der Waals surface area contributed by atoms with Gasteiger partial charge in [0.1, 0.15) is 0 Å². The van der Waals surface area contributed by atoms with Gasteiger partial charge >= 0.3 is 0 Å². The van der Waals surface area contributed by atoms with Crippen LogP contribution in [-0.2, 0) is 14.2 Å². The molecule has 3 fully saturated rings. The van der Waals surface area contributed by atoms with E-state index < -0.39 is 0 Å². The van der Waals surface area contributed by atoms with Crippen LogP contribution in [0.25, 0.3) is 0 Å². The Balaban J connectivity index is 1.68. The standard InChI is InChI=1S/C10H18N2O3/c1-12-2-3-13-5-9(12)4-11-10(15-6-9)7-14-8-10/h11H,2-8H2,1H3. The van der Waals surface area contributed by atoms with Crippen LogP contribution >= 0.6 is 0 Å². The summed E-state index contributed by atoms with van der Waals surface area (Å²) in [4.78, 5) is 2.34. The van der Waals surface area contributed by atoms with Gasteiger partial charge in [-0.2, -0.15) is 0 Å². The lowest BCUT2D eigenvalue weighted by atomic mass is 9.94. The molecular weight excluding hydrogens is 196 g/mol. The van der Waals surface area contributed by atoms with E-state index in [4.69, 9.17) is 14.2 Å². The first-order chi connectivity index (χ1) is 7.25. The van der Waals surface area contributed by atoms with Crippen molar-refractivity contribution in [1.29, 1.82) is 0 Å². The zero-order valence-electron chi connectivity index (χ0n) is 9.12. The molecule has 0 aliphatic carbocycles. The number of likely N-dealkylation sites (N-methyl/N-ethyl adjacent to an activating group) is 1. The number of hydrogen-bond acceptors (Lipinski definition) is 5. The minimum absolute atomic E-state index is 0.0269. The van der Waals surface area contributed by atoms with Crippen LogP contribution in [0, 0.1) is 0 Å². The van der Waals surface area contributed by atoms with Crippen molar-refractivity contribution < 1.29 is 14.2 Å². The SMILES string of the molecule is CN1CCOCC12CNC1(COC1)OC2. The van der Waals surface area contributed by atoms with Crippen LogP contribution in [0.1, 0.15) is 0 Å². The summed E-state index contributed by atoms with van der Waals surface area (Å²) in [6.07, 6.45) is 0. The predicted octanol–water partition coefficient (Wildman–Crippen LogP) is -0.966. The highest BCUT2D eigenvalue weighted by atomic mass is 16.6. The predicted molar refractivity (Wildman–Crippen MR) is 53.7 cm³/mol. The van der Waals surface area contributed by atoms with Crippen molar-refractivity contribution in [2.24, 2.45) is 0 Å². The van der Waals surface area contributed by atoms with E-state index in [0.29, 0.717) is 13.2 Å². The van der Waals surface area contributed by atoms with E-state index in [1.807, 2.05) is 0 Å². The van der Waals surface area contributed by atoms with Gasteiger partial charge in [0.15, 0.2) is 5.72 Å². The summed E-state index contributed by atoms with van der Waals surface area (Å²) >= 11 is 0. The highest BCUT2D eigenvalue weighted by molar-refractivity contribution is 5.01. The molecule has 1 atom stereocenters. The quantitative estimate of drug-likeness (QED) is 0.562. The number of hydrogen-bond donors (Lipinski definition) is 1. The normalized spacial score (nSPS) is 40.6. The molecule has 3 rings (SSSR count). The third-order valence-corrected chi connectivity index (χ3v) is 3.78. The van der Waals surface area contributed by atoms with Gasteiger partial charge in [-0.3, -0.25) is 10.2 Å². The summed E-state index contributed by atoms with van der Waals surface area (Å²) in [7, 11) is 2.14. The molecule has 3 aliphatic rings. The third kappa shape index (κ3) is 1.50. The molecule has 0 aromatic carbocycles. The Morgan fingerprint density at radius 1 is 1.13 bits per heavy atom. The fourth-order valence-corrected chi connectivity index (χ4v) is 2.32. The first-order valence-corrected chi connectivity index (χ1v) is 5.51. The van der Waals surface area contributed by atoms with Gasteiger partial charge in [0.2, 0.25) is 0 Å². The Morgan fingerprint density at radius 2 is 2.00 bits per heavy atom. The Bertz CT molecular complexity index is 245. The first-order valence-electron chi connectivity index (χ1n) is 5.51. The summed E-state index contributed by atoms with van der Waals surface area (Å²) in [6.45, 7) is 5.57. The largest absolute Gasteiger partial charge is 0.378 e. The van der Waals surface area contributed by atoms with E-state index in [1.54, 1.807) is 0 Å². The van der Waals surface area contributed by atoms with Crippen LogP contribution in [-0.4, -0.2) is 69.3 Å². The van der Waals surface area contributed by atoms with Gasteiger partial charge in [-0.15, -0.1) is 0 Å². The minimum Gasteiger partial charge on any atom is -0.378 e. The molecule has 3 heterocycles. The fraction of sp³-hybridized carbons (Fsp3) is 1.00. The first kappa shape index (κ1) is 9.99. The molecule has 3 saturated heterocycles. The maximum Gasteiger partial charge on any atom is 0.166 e. The molecule has 0 bridgehead atoms. The van der Waals surface area contributed by atoms with Crippen molar-refractivity contribution >= 4 is 0 Å². The van der Waals surface area contributed by atoms with E-state index in [1.165, 1.54) is 0 Å². The monoisotopic (exact) mass is 214 g/mol. The number of morpholine rings is 1. The van der Waals surface area contributed by atoms with Crippen molar-refractivity contribution in [3.05, 3.63) is 0 Å². The highest BCUT2D eigenvalue weighted by Gasteiger charge is 2.50. The van der Waals surface area contributed by atoms with Gasteiger partial charge in [0, 0.05) is 13.1 Å².